The molecule has 0 aliphatic heterocycles. The monoisotopic (exact) mass is 383 g/mol. The normalized spacial score (nSPS) is 11.4. The number of amides is 1. The summed E-state index contributed by atoms with van der Waals surface area (Å²) >= 11 is 0. The fourth-order valence-corrected chi connectivity index (χ4v) is 2.26. The number of carbonyl (C=O) groups excluding carboxylic acids is 2. The summed E-state index contributed by atoms with van der Waals surface area (Å²) in [5.41, 5.74) is 5.94. The van der Waals surface area contributed by atoms with Crippen LogP contribution in [0.1, 0.15) is 18.9 Å². The summed E-state index contributed by atoms with van der Waals surface area (Å²) in [6, 6.07) is 1.86. The summed E-state index contributed by atoms with van der Waals surface area (Å²) in [6.07, 6.45) is 0.369. The van der Waals surface area contributed by atoms with E-state index in [0.717, 1.165) is 0 Å². The molecule has 1 amide bonds. The van der Waals surface area contributed by atoms with Gasteiger partial charge in [0.2, 0.25) is 5.91 Å². The van der Waals surface area contributed by atoms with Gasteiger partial charge in [-0.05, 0) is 12.5 Å². The highest BCUT2D eigenvalue weighted by Crippen LogP contribution is 2.34. The van der Waals surface area contributed by atoms with Crippen molar-refractivity contribution in [2.24, 2.45) is 5.73 Å². The zero-order chi connectivity index (χ0) is 20.6. The van der Waals surface area contributed by atoms with Gasteiger partial charge in [-0.2, -0.15) is 0 Å². The quantitative estimate of drug-likeness (QED) is 0.358. The summed E-state index contributed by atoms with van der Waals surface area (Å²) < 4.78 is 15.3. The Morgan fingerprint density at radius 3 is 2.37 bits per heavy atom. The predicted octanol–water partition coefficient (Wildman–Crippen LogP) is 0.893. The molecule has 1 aromatic carbocycles. The van der Waals surface area contributed by atoms with Gasteiger partial charge in [0.1, 0.15) is 6.04 Å². The lowest BCUT2D eigenvalue weighted by molar-refractivity contribution is -0.385. The van der Waals surface area contributed by atoms with Gasteiger partial charge in [0.05, 0.1) is 31.8 Å². The number of nitrogens with zero attached hydrogens (tertiary/aromatic N) is 2. The maximum absolute atomic E-state index is 11.9. The molecular formula is C17H25N3O7. The molecule has 0 aliphatic carbocycles. The lowest BCUT2D eigenvalue weighted by Crippen LogP contribution is -2.37. The molecule has 10 heteroatoms. The zero-order valence-electron chi connectivity index (χ0n) is 15.9. The molecule has 1 unspecified atom stereocenters. The molecule has 1 aromatic rings. The minimum absolute atomic E-state index is 0.0780. The number of rotatable bonds is 10. The molecule has 0 aromatic heterocycles. The molecule has 27 heavy (non-hydrogen) atoms. The topological polar surface area (TPSA) is 134 Å². The molecule has 150 valence electrons. The van der Waals surface area contributed by atoms with Gasteiger partial charge in [-0.3, -0.25) is 19.7 Å². The number of nitro benzene ring substituents is 1. The van der Waals surface area contributed by atoms with Crippen molar-refractivity contribution in [2.75, 3.05) is 34.4 Å². The van der Waals surface area contributed by atoms with Crippen molar-refractivity contribution in [1.29, 1.82) is 0 Å². The van der Waals surface area contributed by atoms with E-state index in [9.17, 15) is 19.7 Å². The van der Waals surface area contributed by atoms with Gasteiger partial charge < -0.3 is 24.8 Å². The Hall–Kier alpha value is -2.88. The standard InChI is InChI=1S/C17H25N3O7/c1-11(21)19(2)7-5-13(18)17(22)27-8-6-12-9-15(25-3)16(26-4)10-14(12)20(23)24/h9-10,13H,5-8,18H2,1-4H3. The summed E-state index contributed by atoms with van der Waals surface area (Å²) in [7, 11) is 4.41. The zero-order valence-corrected chi connectivity index (χ0v) is 15.9. The van der Waals surface area contributed by atoms with Crippen molar-refractivity contribution >= 4 is 17.6 Å². The van der Waals surface area contributed by atoms with Gasteiger partial charge in [-0.1, -0.05) is 0 Å². The molecule has 0 saturated carbocycles. The van der Waals surface area contributed by atoms with Crippen LogP contribution in [0.2, 0.25) is 0 Å². The van der Waals surface area contributed by atoms with Crippen molar-refractivity contribution < 1.29 is 28.7 Å². The number of hydrogen-bond donors (Lipinski definition) is 1. The average molecular weight is 383 g/mol. The number of benzene rings is 1. The van der Waals surface area contributed by atoms with Crippen LogP contribution >= 0.6 is 0 Å². The maximum atomic E-state index is 11.9. The van der Waals surface area contributed by atoms with Crippen LogP contribution in [0, 0.1) is 10.1 Å². The van der Waals surface area contributed by atoms with Crippen molar-refractivity contribution in [3.05, 3.63) is 27.8 Å². The van der Waals surface area contributed by atoms with E-state index in [4.69, 9.17) is 19.9 Å². The second-order valence-corrected chi connectivity index (χ2v) is 5.85. The number of hydrogen-bond acceptors (Lipinski definition) is 8. The first-order valence-electron chi connectivity index (χ1n) is 8.24. The first-order chi connectivity index (χ1) is 12.7. The molecule has 0 saturated heterocycles. The van der Waals surface area contributed by atoms with E-state index in [1.165, 1.54) is 38.2 Å². The van der Waals surface area contributed by atoms with E-state index >= 15 is 0 Å². The highest BCUT2D eigenvalue weighted by molar-refractivity contribution is 5.76. The van der Waals surface area contributed by atoms with Crippen molar-refractivity contribution in [3.8, 4) is 11.5 Å². The Balaban J connectivity index is 2.68. The molecule has 1 atom stereocenters. The Bertz CT molecular complexity index is 693. The first kappa shape index (κ1) is 22.2. The highest BCUT2D eigenvalue weighted by atomic mass is 16.6. The van der Waals surface area contributed by atoms with Crippen LogP contribution in [0.5, 0.6) is 11.5 Å². The second-order valence-electron chi connectivity index (χ2n) is 5.85. The molecule has 1 rings (SSSR count). The lowest BCUT2D eigenvalue weighted by atomic mass is 10.1. The number of ether oxygens (including phenoxy) is 3. The van der Waals surface area contributed by atoms with Gasteiger partial charge in [0, 0.05) is 32.5 Å². The molecule has 0 spiro atoms. The van der Waals surface area contributed by atoms with E-state index in [1.807, 2.05) is 0 Å². The lowest BCUT2D eigenvalue weighted by Gasteiger charge is -2.17. The number of esters is 1. The molecular weight excluding hydrogens is 358 g/mol. The minimum Gasteiger partial charge on any atom is -0.493 e. The third kappa shape index (κ3) is 6.41. The average Bonchev–Trinajstić information content (AvgIpc) is 2.64. The number of carbonyl (C=O) groups is 2. The number of nitro groups is 1. The summed E-state index contributed by atoms with van der Waals surface area (Å²) in [6.45, 7) is 1.66. The largest absolute Gasteiger partial charge is 0.493 e. The van der Waals surface area contributed by atoms with Crippen molar-refractivity contribution in [1.82, 2.24) is 4.90 Å². The van der Waals surface area contributed by atoms with Crippen LogP contribution in [0.3, 0.4) is 0 Å². The molecule has 0 fully saturated rings. The van der Waals surface area contributed by atoms with Crippen LogP contribution in [0.4, 0.5) is 5.69 Å². The van der Waals surface area contributed by atoms with E-state index in [2.05, 4.69) is 0 Å². The fraction of sp³-hybridized carbons (Fsp3) is 0.529. The summed E-state index contributed by atoms with van der Waals surface area (Å²) in [4.78, 5) is 35.2. The Labute approximate surface area is 157 Å². The molecule has 0 radical (unpaired) electrons. The molecule has 0 bridgehead atoms. The Kier molecular flexibility index (Phi) is 8.46. The second kappa shape index (κ2) is 10.3. The first-order valence-corrected chi connectivity index (χ1v) is 8.24. The van der Waals surface area contributed by atoms with E-state index in [1.54, 1.807) is 7.05 Å². The van der Waals surface area contributed by atoms with Crippen LogP contribution < -0.4 is 15.2 Å². The van der Waals surface area contributed by atoms with Crippen molar-refractivity contribution in [2.45, 2.75) is 25.8 Å². The van der Waals surface area contributed by atoms with Crippen molar-refractivity contribution in [3.63, 3.8) is 0 Å². The third-order valence-corrected chi connectivity index (χ3v) is 4.01. The summed E-state index contributed by atoms with van der Waals surface area (Å²) in [5, 5.41) is 11.2. The maximum Gasteiger partial charge on any atom is 0.322 e. The van der Waals surface area contributed by atoms with E-state index in [0.29, 0.717) is 17.9 Å². The van der Waals surface area contributed by atoms with Gasteiger partial charge in [0.25, 0.3) is 5.69 Å². The van der Waals surface area contributed by atoms with Gasteiger partial charge >= 0.3 is 5.97 Å². The smallest absolute Gasteiger partial charge is 0.322 e. The van der Waals surface area contributed by atoms with Crippen LogP contribution in [0.15, 0.2) is 12.1 Å². The molecule has 0 aliphatic rings. The number of methoxy groups -OCH3 is 2. The summed E-state index contributed by atoms with van der Waals surface area (Å²) in [5.74, 6) is -0.179. The van der Waals surface area contributed by atoms with E-state index < -0.39 is 16.9 Å². The molecule has 0 heterocycles. The van der Waals surface area contributed by atoms with Crippen LogP contribution in [-0.2, 0) is 20.7 Å². The highest BCUT2D eigenvalue weighted by Gasteiger charge is 2.21. The predicted molar refractivity (Wildman–Crippen MR) is 96.8 cm³/mol. The Morgan fingerprint density at radius 1 is 1.26 bits per heavy atom. The van der Waals surface area contributed by atoms with E-state index in [-0.39, 0.29) is 36.8 Å². The Morgan fingerprint density at radius 2 is 1.85 bits per heavy atom. The fourth-order valence-electron chi connectivity index (χ4n) is 2.26. The molecule has 10 nitrogen and oxygen atoms in total. The van der Waals surface area contributed by atoms with Crippen LogP contribution in [0.25, 0.3) is 0 Å². The van der Waals surface area contributed by atoms with Crippen LogP contribution in [-0.4, -0.2) is 62.2 Å². The third-order valence-electron chi connectivity index (χ3n) is 4.01. The molecule has 2 N–H and O–H groups in total. The van der Waals surface area contributed by atoms with Gasteiger partial charge in [-0.15, -0.1) is 0 Å². The SMILES string of the molecule is COc1cc(CCOC(=O)C(N)CCN(C)C(C)=O)c([N+](=O)[O-])cc1OC. The van der Waals surface area contributed by atoms with Gasteiger partial charge in [-0.25, -0.2) is 0 Å². The minimum atomic E-state index is -0.882. The van der Waals surface area contributed by atoms with Gasteiger partial charge in [0.15, 0.2) is 11.5 Å². The number of nitrogens with two attached hydrogens (primary N) is 1.